The van der Waals surface area contributed by atoms with Crippen molar-refractivity contribution in [1.29, 1.82) is 0 Å². The second-order valence-corrected chi connectivity index (χ2v) is 9.15. The molecule has 0 aliphatic heterocycles. The summed E-state index contributed by atoms with van der Waals surface area (Å²) in [5.74, 6) is 0.378. The van der Waals surface area contributed by atoms with E-state index in [0.29, 0.717) is 23.5 Å². The number of hydrogen-bond donors (Lipinski definition) is 3. The van der Waals surface area contributed by atoms with Crippen LogP contribution < -0.4 is 20.7 Å². The van der Waals surface area contributed by atoms with Crippen LogP contribution in [0.2, 0.25) is 0 Å². The van der Waals surface area contributed by atoms with E-state index >= 15 is 0 Å². The summed E-state index contributed by atoms with van der Waals surface area (Å²) in [5.41, 5.74) is 2.89. The molecule has 0 aromatic heterocycles. The van der Waals surface area contributed by atoms with Crippen molar-refractivity contribution in [1.82, 2.24) is 5.32 Å². The van der Waals surface area contributed by atoms with Crippen LogP contribution >= 0.6 is 0 Å². The van der Waals surface area contributed by atoms with Gasteiger partial charge < -0.3 is 20.7 Å². The van der Waals surface area contributed by atoms with Crippen molar-refractivity contribution in [3.63, 3.8) is 0 Å². The molecule has 0 atom stereocenters. The molecule has 0 fully saturated rings. The second-order valence-electron chi connectivity index (χ2n) is 9.15. The Bertz CT molecular complexity index is 1090. The molecule has 0 radical (unpaired) electrons. The van der Waals surface area contributed by atoms with Crippen LogP contribution in [-0.2, 0) is 11.2 Å². The Morgan fingerprint density at radius 2 is 1.59 bits per heavy atom. The Morgan fingerprint density at radius 3 is 2.35 bits per heavy atom. The Labute approximate surface area is 201 Å². The quantitative estimate of drug-likeness (QED) is 0.361. The highest BCUT2D eigenvalue weighted by Crippen LogP contribution is 2.18. The van der Waals surface area contributed by atoms with E-state index in [4.69, 9.17) is 4.74 Å². The summed E-state index contributed by atoms with van der Waals surface area (Å²) < 4.78 is 5.84. The number of nitrogens with one attached hydrogen (secondary N) is 3. The fraction of sp³-hybridized carbons (Fsp3) is 0.286. The maximum atomic E-state index is 12.4. The first-order valence-electron chi connectivity index (χ1n) is 11.5. The Morgan fingerprint density at radius 1 is 0.853 bits per heavy atom. The van der Waals surface area contributed by atoms with Crippen LogP contribution in [0.15, 0.2) is 78.9 Å². The van der Waals surface area contributed by atoms with Crippen LogP contribution in [-0.4, -0.2) is 30.5 Å². The third-order valence-electron chi connectivity index (χ3n) is 4.91. The van der Waals surface area contributed by atoms with Crippen molar-refractivity contribution in [3.8, 4) is 5.75 Å². The molecule has 3 N–H and O–H groups in total. The monoisotopic (exact) mass is 459 g/mol. The number of hydrogen-bond acceptors (Lipinski definition) is 4. The van der Waals surface area contributed by atoms with Gasteiger partial charge in [0, 0.05) is 28.5 Å². The average Bonchev–Trinajstić information content (AvgIpc) is 2.81. The van der Waals surface area contributed by atoms with Crippen molar-refractivity contribution in [2.24, 2.45) is 0 Å². The normalized spacial score (nSPS) is 10.9. The molecule has 178 valence electrons. The van der Waals surface area contributed by atoms with E-state index in [1.807, 2.05) is 69.3 Å². The second kappa shape index (κ2) is 11.9. The summed E-state index contributed by atoms with van der Waals surface area (Å²) >= 11 is 0. The predicted octanol–water partition coefficient (Wildman–Crippen LogP) is 5.28. The Kier molecular flexibility index (Phi) is 8.68. The molecule has 0 aliphatic carbocycles. The van der Waals surface area contributed by atoms with Gasteiger partial charge in [0.1, 0.15) is 5.75 Å². The lowest BCUT2D eigenvalue weighted by atomic mass is 10.1. The molecule has 0 bridgehead atoms. The number of anilines is 2. The first kappa shape index (κ1) is 24.8. The zero-order valence-electron chi connectivity index (χ0n) is 20.1. The van der Waals surface area contributed by atoms with Crippen LogP contribution in [0.1, 0.15) is 43.1 Å². The third kappa shape index (κ3) is 8.62. The number of aryl methyl sites for hydroxylation is 1. The van der Waals surface area contributed by atoms with E-state index in [9.17, 15) is 9.59 Å². The van der Waals surface area contributed by atoms with Gasteiger partial charge >= 0.3 is 0 Å². The van der Waals surface area contributed by atoms with Crippen LogP contribution in [0.25, 0.3) is 0 Å². The third-order valence-corrected chi connectivity index (χ3v) is 4.91. The minimum atomic E-state index is -0.319. The number of carbonyl (C=O) groups is 2. The largest absolute Gasteiger partial charge is 0.494 e. The zero-order chi connectivity index (χ0) is 24.4. The van der Waals surface area contributed by atoms with Gasteiger partial charge in [0.2, 0.25) is 5.91 Å². The molecular formula is C28H33N3O3. The molecule has 3 aromatic carbocycles. The van der Waals surface area contributed by atoms with Gasteiger partial charge in [-0.3, -0.25) is 9.59 Å². The number of carbonyl (C=O) groups excluding carboxylic acids is 2. The zero-order valence-corrected chi connectivity index (χ0v) is 20.1. The lowest BCUT2D eigenvalue weighted by Crippen LogP contribution is -2.40. The van der Waals surface area contributed by atoms with E-state index in [0.717, 1.165) is 18.6 Å². The minimum Gasteiger partial charge on any atom is -0.494 e. The van der Waals surface area contributed by atoms with Gasteiger partial charge in [-0.1, -0.05) is 42.5 Å². The maximum Gasteiger partial charge on any atom is 0.251 e. The van der Waals surface area contributed by atoms with Crippen molar-refractivity contribution < 1.29 is 14.3 Å². The summed E-state index contributed by atoms with van der Waals surface area (Å²) in [5, 5.41) is 8.88. The van der Waals surface area contributed by atoms with Crippen LogP contribution in [0.4, 0.5) is 11.4 Å². The van der Waals surface area contributed by atoms with E-state index in [1.165, 1.54) is 5.56 Å². The topological polar surface area (TPSA) is 79.5 Å². The molecule has 3 aromatic rings. The van der Waals surface area contributed by atoms with Gasteiger partial charge in [0.15, 0.2) is 0 Å². The fourth-order valence-electron chi connectivity index (χ4n) is 3.35. The van der Waals surface area contributed by atoms with Crippen molar-refractivity contribution in [2.45, 2.75) is 39.2 Å². The first-order chi connectivity index (χ1) is 16.3. The van der Waals surface area contributed by atoms with Crippen LogP contribution in [0.5, 0.6) is 5.75 Å². The summed E-state index contributed by atoms with van der Waals surface area (Å²) in [6, 6.07) is 24.8. The Balaban J connectivity index is 1.45. The van der Waals surface area contributed by atoms with Gasteiger partial charge in [-0.2, -0.15) is 0 Å². The van der Waals surface area contributed by atoms with Gasteiger partial charge in [0.05, 0.1) is 13.2 Å². The predicted molar refractivity (Wildman–Crippen MR) is 137 cm³/mol. The van der Waals surface area contributed by atoms with E-state index < -0.39 is 0 Å². The molecule has 0 heterocycles. The van der Waals surface area contributed by atoms with Gasteiger partial charge in [-0.25, -0.2) is 0 Å². The molecule has 34 heavy (non-hydrogen) atoms. The highest BCUT2D eigenvalue weighted by molar-refractivity contribution is 5.96. The first-order valence-corrected chi connectivity index (χ1v) is 11.5. The highest BCUT2D eigenvalue weighted by atomic mass is 16.5. The van der Waals surface area contributed by atoms with Gasteiger partial charge in [-0.15, -0.1) is 0 Å². The Hall–Kier alpha value is -3.80. The molecule has 0 aliphatic rings. The number of amides is 2. The number of rotatable bonds is 10. The molecule has 6 nitrogen and oxygen atoms in total. The summed E-state index contributed by atoms with van der Waals surface area (Å²) in [6.07, 6.45) is 1.87. The minimum absolute atomic E-state index is 0.0759. The van der Waals surface area contributed by atoms with Crippen molar-refractivity contribution >= 4 is 23.2 Å². The van der Waals surface area contributed by atoms with Gasteiger partial charge in [0.25, 0.3) is 5.91 Å². The molecule has 0 saturated heterocycles. The van der Waals surface area contributed by atoms with Crippen molar-refractivity contribution in [2.75, 3.05) is 23.8 Å². The molecule has 0 saturated carbocycles. The number of benzene rings is 3. The summed E-state index contributed by atoms with van der Waals surface area (Å²) in [6.45, 7) is 6.48. The lowest BCUT2D eigenvalue weighted by molar-refractivity contribution is -0.114. The molecular weight excluding hydrogens is 426 g/mol. The highest BCUT2D eigenvalue weighted by Gasteiger charge is 2.15. The van der Waals surface area contributed by atoms with Gasteiger partial charge in [-0.05, 0) is 69.5 Å². The molecule has 2 amide bonds. The molecule has 0 spiro atoms. The fourth-order valence-corrected chi connectivity index (χ4v) is 3.35. The van der Waals surface area contributed by atoms with Crippen LogP contribution in [0.3, 0.4) is 0 Å². The standard InChI is InChI=1S/C28H33N3O3/c1-28(2,3)31-27(33)22-13-7-14-23(18-22)29-20-26(32)30-24-15-8-16-25(19-24)34-17-9-12-21-10-5-4-6-11-21/h4-8,10-11,13-16,18-19,29H,9,12,17,20H2,1-3H3,(H,30,32)(H,31,33). The summed E-state index contributed by atoms with van der Waals surface area (Å²) in [4.78, 5) is 24.8. The molecule has 0 unspecified atom stereocenters. The number of ether oxygens (including phenoxy) is 1. The summed E-state index contributed by atoms with van der Waals surface area (Å²) in [7, 11) is 0. The maximum absolute atomic E-state index is 12.4. The average molecular weight is 460 g/mol. The van der Waals surface area contributed by atoms with Crippen LogP contribution in [0, 0.1) is 0 Å². The van der Waals surface area contributed by atoms with Crippen molar-refractivity contribution in [3.05, 3.63) is 90.0 Å². The smallest absolute Gasteiger partial charge is 0.251 e. The SMILES string of the molecule is CC(C)(C)NC(=O)c1cccc(NCC(=O)Nc2cccc(OCCCc3ccccc3)c2)c1. The molecule has 6 heteroatoms. The van der Waals surface area contributed by atoms with E-state index in [1.54, 1.807) is 18.2 Å². The van der Waals surface area contributed by atoms with E-state index in [2.05, 4.69) is 28.1 Å². The molecule has 3 rings (SSSR count). The lowest BCUT2D eigenvalue weighted by Gasteiger charge is -2.20. The van der Waals surface area contributed by atoms with E-state index in [-0.39, 0.29) is 23.9 Å².